The van der Waals surface area contributed by atoms with Gasteiger partial charge in [-0.15, -0.1) is 0 Å². The number of aliphatic hydroxyl groups excluding tert-OH is 4. The van der Waals surface area contributed by atoms with Gasteiger partial charge >= 0.3 is 0 Å². The second kappa shape index (κ2) is 5.15. The number of hydrogen-bond acceptors (Lipinski definition) is 5. The Balaban J connectivity index is 4.09. The Morgan fingerprint density at radius 1 is 1.33 bits per heavy atom. The molecule has 0 saturated heterocycles. The number of carbonyl (C=O) groups excluding carboxylic acids is 1. The number of hydrogen-bond donors (Lipinski definition) is 4. The molecule has 0 radical (unpaired) electrons. The van der Waals surface area contributed by atoms with Crippen molar-refractivity contribution < 1.29 is 29.6 Å². The maximum atomic E-state index is 11.7. The van der Waals surface area contributed by atoms with E-state index >= 15 is 0 Å². The van der Waals surface area contributed by atoms with Crippen LogP contribution in [0.1, 0.15) is 0 Å². The summed E-state index contributed by atoms with van der Waals surface area (Å²) in [4.78, 5) is 10.7. The lowest BCUT2D eigenvalue weighted by Gasteiger charge is -2.15. The first-order valence-corrected chi connectivity index (χ1v) is 3.29. The summed E-state index contributed by atoms with van der Waals surface area (Å²) < 4.78 is 11.7. The Bertz CT molecular complexity index is 151. The Morgan fingerprint density at radius 2 is 1.83 bits per heavy atom. The molecular formula is C6H11FO5. The second-order valence-electron chi connectivity index (χ2n) is 2.27. The van der Waals surface area contributed by atoms with Gasteiger partial charge in [0.05, 0.1) is 6.61 Å². The fraction of sp³-hybridized carbons (Fsp3) is 0.833. The van der Waals surface area contributed by atoms with Crippen LogP contribution in [-0.2, 0) is 4.79 Å². The van der Waals surface area contributed by atoms with Crippen LogP contribution < -0.4 is 0 Å². The molecule has 0 spiro atoms. The van der Waals surface area contributed by atoms with E-state index in [9.17, 15) is 9.18 Å². The molecule has 5 nitrogen and oxygen atoms in total. The molecule has 6 heteroatoms. The molecule has 0 aliphatic carbocycles. The van der Waals surface area contributed by atoms with Crippen molar-refractivity contribution in [1.82, 2.24) is 0 Å². The van der Waals surface area contributed by atoms with Crippen LogP contribution in [0.3, 0.4) is 0 Å². The van der Waals surface area contributed by atoms with Gasteiger partial charge < -0.3 is 20.4 Å². The summed E-state index contributed by atoms with van der Waals surface area (Å²) in [6, 6.07) is 0. The topological polar surface area (TPSA) is 98.0 Å². The van der Waals surface area contributed by atoms with Crippen molar-refractivity contribution in [1.29, 1.82) is 0 Å². The molecule has 4 N–H and O–H groups in total. The molecule has 0 rings (SSSR count). The molecule has 0 aromatic rings. The minimum atomic E-state index is -1.99. The molecule has 0 amide bonds. The lowest BCUT2D eigenvalue weighted by Crippen LogP contribution is -2.42. The molecular weight excluding hydrogens is 171 g/mol. The summed E-state index contributed by atoms with van der Waals surface area (Å²) in [5.74, 6) is -1.19. The van der Waals surface area contributed by atoms with Crippen LogP contribution in [0.25, 0.3) is 0 Å². The van der Waals surface area contributed by atoms with Crippen molar-refractivity contribution >= 4 is 5.78 Å². The molecule has 0 heterocycles. The molecule has 0 bridgehead atoms. The number of Topliss-reactive ketones (excluding diaryl/α,β-unsaturated/α-hetero) is 1. The van der Waals surface area contributed by atoms with Gasteiger partial charge in [-0.3, -0.25) is 4.79 Å². The van der Waals surface area contributed by atoms with Gasteiger partial charge in [-0.25, -0.2) is 4.39 Å². The number of aliphatic hydroxyl groups is 4. The van der Waals surface area contributed by atoms with Crippen LogP contribution in [-0.4, -0.2) is 57.8 Å². The van der Waals surface area contributed by atoms with E-state index in [0.717, 1.165) is 0 Å². The molecule has 3 atom stereocenters. The van der Waals surface area contributed by atoms with E-state index in [1.807, 2.05) is 0 Å². The predicted molar refractivity (Wildman–Crippen MR) is 36.1 cm³/mol. The average Bonchev–Trinajstić information content (AvgIpc) is 2.12. The maximum Gasteiger partial charge on any atom is 0.194 e. The zero-order chi connectivity index (χ0) is 9.72. The monoisotopic (exact) mass is 182 g/mol. The van der Waals surface area contributed by atoms with E-state index in [0.29, 0.717) is 0 Å². The zero-order valence-corrected chi connectivity index (χ0v) is 6.22. The lowest BCUT2D eigenvalue weighted by molar-refractivity contribution is -0.143. The number of carbonyl (C=O) groups is 1. The summed E-state index contributed by atoms with van der Waals surface area (Å²) in [5, 5.41) is 34.3. The highest BCUT2D eigenvalue weighted by molar-refractivity contribution is 5.87. The molecule has 0 aromatic heterocycles. The van der Waals surface area contributed by atoms with Crippen LogP contribution in [0, 0.1) is 0 Å². The van der Waals surface area contributed by atoms with Crippen LogP contribution in [0.15, 0.2) is 0 Å². The summed E-state index contributed by atoms with van der Waals surface area (Å²) in [6.45, 7) is -2.15. The number of rotatable bonds is 5. The highest BCUT2D eigenvalue weighted by Crippen LogP contribution is 1.99. The summed E-state index contributed by atoms with van der Waals surface area (Å²) in [5.41, 5.74) is 0. The molecule has 0 fully saturated rings. The van der Waals surface area contributed by atoms with Gasteiger partial charge in [-0.1, -0.05) is 0 Å². The smallest absolute Gasteiger partial charge is 0.194 e. The molecule has 12 heavy (non-hydrogen) atoms. The summed E-state index contributed by atoms with van der Waals surface area (Å²) in [7, 11) is 0. The molecule has 0 aliphatic rings. The quantitative estimate of drug-likeness (QED) is 0.380. The highest BCUT2D eigenvalue weighted by atomic mass is 19.1. The Kier molecular flexibility index (Phi) is 4.91. The summed E-state index contributed by atoms with van der Waals surface area (Å²) >= 11 is 0. The number of halogens is 1. The lowest BCUT2D eigenvalue weighted by atomic mass is 10.1. The molecule has 0 aliphatic heterocycles. The predicted octanol–water partition coefficient (Wildman–Crippen LogP) is -2.40. The van der Waals surface area contributed by atoms with Gasteiger partial charge in [-0.05, 0) is 0 Å². The van der Waals surface area contributed by atoms with E-state index in [1.165, 1.54) is 0 Å². The van der Waals surface area contributed by atoms with Gasteiger partial charge in [0.1, 0.15) is 25.0 Å². The van der Waals surface area contributed by atoms with E-state index in [-0.39, 0.29) is 0 Å². The Hall–Kier alpha value is -0.560. The van der Waals surface area contributed by atoms with Gasteiger partial charge in [0.25, 0.3) is 0 Å². The molecule has 0 unspecified atom stereocenters. The van der Waals surface area contributed by atoms with Crippen molar-refractivity contribution in [3.8, 4) is 0 Å². The Morgan fingerprint density at radius 3 is 2.17 bits per heavy atom. The van der Waals surface area contributed by atoms with Crippen LogP contribution in [0.5, 0.6) is 0 Å². The van der Waals surface area contributed by atoms with Crippen molar-refractivity contribution in [2.45, 2.75) is 18.3 Å². The Labute approximate surface area is 68.1 Å². The van der Waals surface area contributed by atoms with Crippen molar-refractivity contribution in [2.24, 2.45) is 0 Å². The maximum absolute atomic E-state index is 11.7. The zero-order valence-electron chi connectivity index (χ0n) is 6.22. The second-order valence-corrected chi connectivity index (χ2v) is 2.27. The largest absolute Gasteiger partial charge is 0.393 e. The minimum absolute atomic E-state index is 0.866. The van der Waals surface area contributed by atoms with Gasteiger partial charge in [0.15, 0.2) is 5.78 Å². The highest BCUT2D eigenvalue weighted by Gasteiger charge is 2.28. The summed E-state index contributed by atoms with van der Waals surface area (Å²) in [6.07, 6.45) is -5.61. The van der Waals surface area contributed by atoms with Crippen molar-refractivity contribution in [3.05, 3.63) is 0 Å². The fourth-order valence-corrected chi connectivity index (χ4v) is 0.561. The van der Waals surface area contributed by atoms with E-state index in [4.69, 9.17) is 20.4 Å². The van der Waals surface area contributed by atoms with Gasteiger partial charge in [0.2, 0.25) is 0 Å². The first-order chi connectivity index (χ1) is 5.54. The average molecular weight is 182 g/mol. The van der Waals surface area contributed by atoms with Crippen molar-refractivity contribution in [2.75, 3.05) is 13.3 Å². The van der Waals surface area contributed by atoms with Crippen LogP contribution in [0.4, 0.5) is 4.39 Å². The fourth-order valence-electron chi connectivity index (χ4n) is 0.561. The minimum Gasteiger partial charge on any atom is -0.393 e. The molecule has 0 saturated carbocycles. The molecule has 0 aromatic carbocycles. The van der Waals surface area contributed by atoms with E-state index in [1.54, 1.807) is 0 Å². The SMILES string of the molecule is O=C([C@@H](O)[C@H](O)CF)[C@@H](O)CO. The first kappa shape index (κ1) is 11.4. The third-order valence-electron chi connectivity index (χ3n) is 1.32. The van der Waals surface area contributed by atoms with Gasteiger partial charge in [0, 0.05) is 0 Å². The van der Waals surface area contributed by atoms with E-state index < -0.39 is 37.4 Å². The third kappa shape index (κ3) is 2.82. The third-order valence-corrected chi connectivity index (χ3v) is 1.32. The van der Waals surface area contributed by atoms with E-state index in [2.05, 4.69) is 0 Å². The van der Waals surface area contributed by atoms with Gasteiger partial charge in [-0.2, -0.15) is 0 Å². The number of ketones is 1. The molecule has 72 valence electrons. The van der Waals surface area contributed by atoms with Crippen LogP contribution >= 0.6 is 0 Å². The first-order valence-electron chi connectivity index (χ1n) is 3.29. The van der Waals surface area contributed by atoms with Crippen LogP contribution in [0.2, 0.25) is 0 Å². The van der Waals surface area contributed by atoms with Crippen molar-refractivity contribution in [3.63, 3.8) is 0 Å². The normalized spacial score (nSPS) is 18.4. The standard InChI is InChI=1S/C6H11FO5/c7-1-3(9)5(11)6(12)4(10)2-8/h3-5,8-11H,1-2H2/t3-,4+,5+/m1/s1. The number of alkyl halides is 1.